The van der Waals surface area contributed by atoms with Gasteiger partial charge in [0.1, 0.15) is 11.6 Å². The predicted octanol–water partition coefficient (Wildman–Crippen LogP) is 25.3. The van der Waals surface area contributed by atoms with Gasteiger partial charge in [0.2, 0.25) is 0 Å². The second kappa shape index (κ2) is 21.6. The Morgan fingerprint density at radius 3 is 0.726 bits per heavy atom. The molecular formula is C98H58N8. The molecule has 0 aliphatic heterocycles. The number of benzene rings is 17. The molecule has 0 radical (unpaired) electrons. The van der Waals surface area contributed by atoms with Crippen LogP contribution in [0.3, 0.4) is 0 Å². The molecule has 0 bridgehead atoms. The number of fused-ring (bicyclic) bond motifs is 28. The highest BCUT2D eigenvalue weighted by Gasteiger charge is 2.33. The van der Waals surface area contributed by atoms with Crippen molar-refractivity contribution in [2.24, 2.45) is 0 Å². The van der Waals surface area contributed by atoms with Crippen LogP contribution in [0.2, 0.25) is 0 Å². The molecule has 0 amide bonds. The fraction of sp³-hybridized carbons (Fsp3) is 0. The molecule has 0 aliphatic carbocycles. The number of aromatic nitrogens is 8. The van der Waals surface area contributed by atoms with Crippen LogP contribution in [0.25, 0.3) is 220 Å². The first kappa shape index (κ1) is 57.3. The Labute approximate surface area is 605 Å². The molecule has 8 nitrogen and oxygen atoms in total. The van der Waals surface area contributed by atoms with E-state index in [4.69, 9.17) is 9.97 Å². The Morgan fingerprint density at radius 2 is 0.406 bits per heavy atom. The van der Waals surface area contributed by atoms with Gasteiger partial charge in [0.15, 0.2) is 5.82 Å². The molecule has 0 N–H and O–H groups in total. The normalized spacial score (nSPS) is 12.3. The second-order valence-electron chi connectivity index (χ2n) is 28.4. The summed E-state index contributed by atoms with van der Waals surface area (Å²) in [5, 5.41) is 23.3. The Balaban J connectivity index is 0.918. The van der Waals surface area contributed by atoms with Crippen LogP contribution in [0.5, 0.6) is 0 Å². The first-order chi connectivity index (χ1) is 52.6. The lowest BCUT2D eigenvalue weighted by Gasteiger charge is -2.17. The lowest BCUT2D eigenvalue weighted by atomic mass is 10.0. The summed E-state index contributed by atoms with van der Waals surface area (Å²) in [5.74, 6) is 2.05. The highest BCUT2D eigenvalue weighted by atomic mass is 15.2. The standard InChI is InChI=1S/C98H58N8/c1-2-28-63(29-3-1)98-99-84(105-82-44-22-16-38-76(82)90-92-86(72-34-12-18-40-78(72)101(92)68-50-46-59-24-4-8-30-64(59)54-68)88-74-36-14-20-42-80(74)103(94(88)96(90)105)70-52-48-61-26-6-10-32-66(61)56-70)58-85(100-98)106-83-45-23-17-39-77(83)91-93-87(73-35-13-19-41-79(73)102(93)69-51-47-60-25-5-9-31-65(60)55-69)89-75-37-15-21-43-81(75)104(95(89)97(91)106)71-53-49-62-27-7-11-33-67(62)57-71/h1-58H. The third-order valence-corrected chi connectivity index (χ3v) is 22.8. The largest absolute Gasteiger partial charge is 0.308 e. The molecule has 0 spiro atoms. The Morgan fingerprint density at radius 1 is 0.170 bits per heavy atom. The zero-order chi connectivity index (χ0) is 69.0. The van der Waals surface area contributed by atoms with Gasteiger partial charge in [-0.25, -0.2) is 9.97 Å². The van der Waals surface area contributed by atoms with Gasteiger partial charge in [0.25, 0.3) is 0 Å². The van der Waals surface area contributed by atoms with Gasteiger partial charge in [-0.2, -0.15) is 0 Å². The highest BCUT2D eigenvalue weighted by Crippen LogP contribution is 2.54. The molecule has 24 aromatic rings. The summed E-state index contributed by atoms with van der Waals surface area (Å²) < 4.78 is 15.2. The van der Waals surface area contributed by atoms with Crippen molar-refractivity contribution >= 4 is 174 Å². The summed E-state index contributed by atoms with van der Waals surface area (Å²) in [6, 6.07) is 130. The molecule has 24 rings (SSSR count). The van der Waals surface area contributed by atoms with Crippen LogP contribution in [-0.4, -0.2) is 37.4 Å². The minimum Gasteiger partial charge on any atom is -0.308 e. The zero-order valence-electron chi connectivity index (χ0n) is 57.1. The number of para-hydroxylation sites is 6. The van der Waals surface area contributed by atoms with E-state index in [1.54, 1.807) is 0 Å². The summed E-state index contributed by atoms with van der Waals surface area (Å²) in [7, 11) is 0. The van der Waals surface area contributed by atoms with Crippen LogP contribution in [0.4, 0.5) is 0 Å². The molecule has 0 fully saturated rings. The third kappa shape index (κ3) is 7.85. The van der Waals surface area contributed by atoms with Gasteiger partial charge in [0.05, 0.1) is 66.2 Å². The van der Waals surface area contributed by atoms with Gasteiger partial charge in [-0.15, -0.1) is 0 Å². The lowest BCUT2D eigenvalue weighted by Crippen LogP contribution is -2.07. The van der Waals surface area contributed by atoms with E-state index in [2.05, 4.69) is 379 Å². The molecule has 0 atom stereocenters. The lowest BCUT2D eigenvalue weighted by molar-refractivity contribution is 0.993. The van der Waals surface area contributed by atoms with Crippen LogP contribution in [0.15, 0.2) is 352 Å². The minimum atomic E-state index is 0.598. The number of hydrogen-bond donors (Lipinski definition) is 0. The zero-order valence-corrected chi connectivity index (χ0v) is 57.1. The molecule has 7 heterocycles. The fourth-order valence-corrected chi connectivity index (χ4v) is 18.5. The van der Waals surface area contributed by atoms with Crippen molar-refractivity contribution in [2.75, 3.05) is 0 Å². The van der Waals surface area contributed by atoms with Crippen LogP contribution in [-0.2, 0) is 0 Å². The SMILES string of the molecule is c1ccc(-c2nc(-n3c4ccccc4c4c5c(c6ccccc6n5-c5ccc6ccccc6c5)c5c6ccccc6n(-c6ccc7ccccc7c6)c5c43)cc(-n3c4ccccc4c4c5c(c6ccccc6n5-c5ccc6ccccc6c5)c5c6ccccc6n(-c6ccc7ccccc7c6)c5c43)n2)cc1. The predicted molar refractivity (Wildman–Crippen MR) is 444 cm³/mol. The Kier molecular flexibility index (Phi) is 11.7. The molecule has 17 aromatic carbocycles. The molecule has 7 aromatic heterocycles. The van der Waals surface area contributed by atoms with Crippen molar-refractivity contribution in [3.8, 4) is 45.8 Å². The summed E-state index contributed by atoms with van der Waals surface area (Å²) in [6.45, 7) is 0. The fourth-order valence-electron chi connectivity index (χ4n) is 18.5. The topological polar surface area (TPSA) is 55.4 Å². The maximum absolute atomic E-state index is 6.02. The third-order valence-electron chi connectivity index (χ3n) is 22.8. The summed E-state index contributed by atoms with van der Waals surface area (Å²) >= 11 is 0. The Bertz CT molecular complexity index is 7520. The van der Waals surface area contributed by atoms with Crippen molar-refractivity contribution in [3.63, 3.8) is 0 Å². The maximum Gasteiger partial charge on any atom is 0.163 e. The van der Waals surface area contributed by atoms with Crippen LogP contribution >= 0.6 is 0 Å². The average Bonchev–Trinajstić information content (AvgIpc) is 1.51. The monoisotopic (exact) mass is 1350 g/mol. The van der Waals surface area contributed by atoms with Crippen LogP contribution < -0.4 is 0 Å². The minimum absolute atomic E-state index is 0.598. The van der Waals surface area contributed by atoms with Gasteiger partial charge in [-0.3, -0.25) is 9.13 Å². The van der Waals surface area contributed by atoms with Gasteiger partial charge in [0, 0.05) is 99.0 Å². The second-order valence-corrected chi connectivity index (χ2v) is 28.4. The number of nitrogens with zero attached hydrogens (tertiary/aromatic N) is 8. The van der Waals surface area contributed by atoms with Gasteiger partial charge in [-0.1, -0.05) is 261 Å². The summed E-state index contributed by atoms with van der Waals surface area (Å²) in [6.07, 6.45) is 0. The first-order valence-corrected chi connectivity index (χ1v) is 36.4. The van der Waals surface area contributed by atoms with Crippen molar-refractivity contribution in [1.82, 2.24) is 37.4 Å². The summed E-state index contributed by atoms with van der Waals surface area (Å²) in [4.78, 5) is 12.0. The number of rotatable bonds is 7. The van der Waals surface area contributed by atoms with E-state index in [0.717, 1.165) is 138 Å². The van der Waals surface area contributed by atoms with E-state index in [1.165, 1.54) is 75.4 Å². The molecule has 0 saturated carbocycles. The van der Waals surface area contributed by atoms with Gasteiger partial charge >= 0.3 is 0 Å². The van der Waals surface area contributed by atoms with Crippen LogP contribution in [0, 0.1) is 0 Å². The van der Waals surface area contributed by atoms with Crippen molar-refractivity contribution in [3.05, 3.63) is 352 Å². The van der Waals surface area contributed by atoms with Crippen molar-refractivity contribution in [2.45, 2.75) is 0 Å². The van der Waals surface area contributed by atoms with Crippen molar-refractivity contribution in [1.29, 1.82) is 0 Å². The molecule has 8 heteroatoms. The van der Waals surface area contributed by atoms with E-state index in [0.29, 0.717) is 5.82 Å². The van der Waals surface area contributed by atoms with E-state index >= 15 is 0 Å². The molecular weight excluding hydrogens is 1290 g/mol. The molecule has 0 unspecified atom stereocenters. The smallest absolute Gasteiger partial charge is 0.163 e. The average molecular weight is 1350 g/mol. The van der Waals surface area contributed by atoms with Gasteiger partial charge in [-0.05, 0) is 128 Å². The summed E-state index contributed by atoms with van der Waals surface area (Å²) in [5.41, 5.74) is 18.2. The van der Waals surface area contributed by atoms with Crippen LogP contribution in [0.1, 0.15) is 0 Å². The molecule has 0 saturated heterocycles. The molecule has 490 valence electrons. The van der Waals surface area contributed by atoms with E-state index < -0.39 is 0 Å². The first-order valence-electron chi connectivity index (χ1n) is 36.4. The van der Waals surface area contributed by atoms with E-state index in [1.807, 2.05) is 0 Å². The Hall–Kier alpha value is -14.3. The van der Waals surface area contributed by atoms with Crippen molar-refractivity contribution < 1.29 is 0 Å². The van der Waals surface area contributed by atoms with Gasteiger partial charge < -0.3 is 18.3 Å². The number of hydrogen-bond acceptors (Lipinski definition) is 2. The molecule has 106 heavy (non-hydrogen) atoms. The van der Waals surface area contributed by atoms with E-state index in [-0.39, 0.29) is 0 Å². The quantitative estimate of drug-likeness (QED) is 0.160. The highest BCUT2D eigenvalue weighted by molar-refractivity contribution is 6.42. The van der Waals surface area contributed by atoms with E-state index in [9.17, 15) is 0 Å². The maximum atomic E-state index is 6.02. The molecule has 0 aliphatic rings.